The van der Waals surface area contributed by atoms with Crippen molar-refractivity contribution in [1.29, 1.82) is 0 Å². The molecule has 2 heterocycles. The van der Waals surface area contributed by atoms with E-state index >= 15 is 0 Å². The molecule has 5 nitrogen and oxygen atoms in total. The molecule has 0 bridgehead atoms. The zero-order valence-electron chi connectivity index (χ0n) is 11.6. The molecule has 0 saturated heterocycles. The first-order valence-corrected chi connectivity index (χ1v) is 7.22. The van der Waals surface area contributed by atoms with Gasteiger partial charge in [0, 0.05) is 17.8 Å². The monoisotopic (exact) mass is 273 g/mol. The number of hydrogen-bond acceptors (Lipinski definition) is 3. The summed E-state index contributed by atoms with van der Waals surface area (Å²) in [5, 5.41) is 13.2. The Morgan fingerprint density at radius 3 is 3.00 bits per heavy atom. The topological polar surface area (TPSA) is 67.5 Å². The van der Waals surface area contributed by atoms with Crippen LogP contribution in [0.5, 0.6) is 0 Å². The first kappa shape index (κ1) is 13.1. The van der Waals surface area contributed by atoms with E-state index in [4.69, 9.17) is 5.11 Å². The van der Waals surface area contributed by atoms with Crippen LogP contribution in [0.2, 0.25) is 0 Å². The van der Waals surface area contributed by atoms with Crippen molar-refractivity contribution in [3.8, 4) is 0 Å². The highest BCUT2D eigenvalue weighted by Gasteiger charge is 2.21. The summed E-state index contributed by atoms with van der Waals surface area (Å²) in [6.07, 6.45) is 9.26. The van der Waals surface area contributed by atoms with E-state index in [0.717, 1.165) is 18.5 Å². The van der Waals surface area contributed by atoms with Gasteiger partial charge in [0.15, 0.2) is 5.65 Å². The van der Waals surface area contributed by atoms with Gasteiger partial charge in [-0.25, -0.2) is 14.3 Å². The lowest BCUT2D eigenvalue weighted by molar-refractivity contribution is 0.0698. The molecule has 106 valence electrons. The summed E-state index contributed by atoms with van der Waals surface area (Å²) >= 11 is 0. The Bertz CT molecular complexity index is 635. The minimum Gasteiger partial charge on any atom is -0.477 e. The molecule has 20 heavy (non-hydrogen) atoms. The zero-order valence-corrected chi connectivity index (χ0v) is 11.6. The summed E-state index contributed by atoms with van der Waals surface area (Å²) < 4.78 is 1.53. The van der Waals surface area contributed by atoms with Gasteiger partial charge in [-0.15, -0.1) is 0 Å². The molecule has 1 saturated carbocycles. The van der Waals surface area contributed by atoms with Gasteiger partial charge in [-0.1, -0.05) is 26.2 Å². The van der Waals surface area contributed by atoms with Crippen LogP contribution in [0.25, 0.3) is 5.65 Å². The quantitative estimate of drug-likeness (QED) is 0.854. The molecule has 0 aromatic carbocycles. The van der Waals surface area contributed by atoms with E-state index in [1.807, 2.05) is 12.3 Å². The van der Waals surface area contributed by atoms with E-state index in [1.54, 1.807) is 0 Å². The van der Waals surface area contributed by atoms with Crippen LogP contribution in [-0.4, -0.2) is 25.7 Å². The SMILES string of the molecule is CC1CCCCC(c2ccn3ncc(C(=O)O)c3n2)C1. The summed E-state index contributed by atoms with van der Waals surface area (Å²) in [5.74, 6) is 0.178. The molecule has 1 aliphatic carbocycles. The normalized spacial score (nSPS) is 23.6. The fraction of sp³-hybridized carbons (Fsp3) is 0.533. The maximum Gasteiger partial charge on any atom is 0.341 e. The van der Waals surface area contributed by atoms with Crippen molar-refractivity contribution in [1.82, 2.24) is 14.6 Å². The Labute approximate surface area is 117 Å². The Kier molecular flexibility index (Phi) is 3.42. The predicted molar refractivity (Wildman–Crippen MR) is 74.9 cm³/mol. The number of rotatable bonds is 2. The van der Waals surface area contributed by atoms with Gasteiger partial charge < -0.3 is 5.11 Å². The van der Waals surface area contributed by atoms with Crippen LogP contribution in [0.1, 0.15) is 61.0 Å². The zero-order chi connectivity index (χ0) is 14.1. The smallest absolute Gasteiger partial charge is 0.341 e. The van der Waals surface area contributed by atoms with Crippen molar-refractivity contribution < 1.29 is 9.90 Å². The van der Waals surface area contributed by atoms with Crippen molar-refractivity contribution >= 4 is 11.6 Å². The first-order chi connectivity index (χ1) is 9.65. The molecule has 5 heteroatoms. The van der Waals surface area contributed by atoms with Gasteiger partial charge in [0.05, 0.1) is 6.20 Å². The average molecular weight is 273 g/mol. The number of aromatic nitrogens is 3. The largest absolute Gasteiger partial charge is 0.477 e. The average Bonchev–Trinajstić information content (AvgIpc) is 2.73. The molecule has 0 aliphatic heterocycles. The van der Waals surface area contributed by atoms with Gasteiger partial charge in [0.25, 0.3) is 0 Å². The van der Waals surface area contributed by atoms with Crippen LogP contribution in [-0.2, 0) is 0 Å². The fourth-order valence-electron chi connectivity index (χ4n) is 3.13. The van der Waals surface area contributed by atoms with Gasteiger partial charge in [-0.2, -0.15) is 5.10 Å². The molecule has 2 aromatic heterocycles. The first-order valence-electron chi connectivity index (χ1n) is 7.22. The van der Waals surface area contributed by atoms with E-state index in [2.05, 4.69) is 17.0 Å². The molecule has 0 radical (unpaired) electrons. The summed E-state index contributed by atoms with van der Waals surface area (Å²) in [5.41, 5.74) is 1.63. The molecule has 2 atom stereocenters. The highest BCUT2D eigenvalue weighted by Crippen LogP contribution is 2.33. The Hall–Kier alpha value is -1.91. The molecule has 2 unspecified atom stereocenters. The summed E-state index contributed by atoms with van der Waals surface area (Å²) in [4.78, 5) is 15.8. The summed E-state index contributed by atoms with van der Waals surface area (Å²) in [6.45, 7) is 2.29. The molecule has 1 fully saturated rings. The molecule has 3 rings (SSSR count). The predicted octanol–water partition coefficient (Wildman–Crippen LogP) is 3.11. The second-order valence-corrected chi connectivity index (χ2v) is 5.81. The minimum atomic E-state index is -0.973. The number of carboxylic acids is 1. The van der Waals surface area contributed by atoms with Crippen LogP contribution >= 0.6 is 0 Å². The number of hydrogen-bond donors (Lipinski definition) is 1. The number of fused-ring (bicyclic) bond motifs is 1. The molecule has 1 N–H and O–H groups in total. The van der Waals surface area contributed by atoms with Crippen molar-refractivity contribution in [2.24, 2.45) is 5.92 Å². The fourth-order valence-corrected chi connectivity index (χ4v) is 3.13. The lowest BCUT2D eigenvalue weighted by Crippen LogP contribution is -2.07. The third kappa shape index (κ3) is 2.40. The number of aromatic carboxylic acids is 1. The maximum atomic E-state index is 11.2. The van der Waals surface area contributed by atoms with Crippen molar-refractivity contribution in [2.75, 3.05) is 0 Å². The lowest BCUT2D eigenvalue weighted by atomic mass is 9.92. The van der Waals surface area contributed by atoms with Crippen LogP contribution in [0.15, 0.2) is 18.5 Å². The number of carbonyl (C=O) groups is 1. The Morgan fingerprint density at radius 1 is 1.40 bits per heavy atom. The van der Waals surface area contributed by atoms with E-state index < -0.39 is 5.97 Å². The molecular formula is C15H19N3O2. The molecule has 0 spiro atoms. The van der Waals surface area contributed by atoms with Crippen molar-refractivity contribution in [3.05, 3.63) is 29.7 Å². The lowest BCUT2D eigenvalue weighted by Gasteiger charge is -2.16. The molecular weight excluding hydrogens is 254 g/mol. The Morgan fingerprint density at radius 2 is 2.20 bits per heavy atom. The highest BCUT2D eigenvalue weighted by atomic mass is 16.4. The third-order valence-electron chi connectivity index (χ3n) is 4.23. The highest BCUT2D eigenvalue weighted by molar-refractivity contribution is 5.94. The van der Waals surface area contributed by atoms with E-state index in [1.165, 1.54) is 30.0 Å². The number of nitrogens with zero attached hydrogens (tertiary/aromatic N) is 3. The van der Waals surface area contributed by atoms with Crippen LogP contribution in [0.4, 0.5) is 0 Å². The van der Waals surface area contributed by atoms with E-state index in [9.17, 15) is 4.79 Å². The van der Waals surface area contributed by atoms with Gasteiger partial charge in [0.2, 0.25) is 0 Å². The van der Waals surface area contributed by atoms with Crippen LogP contribution in [0.3, 0.4) is 0 Å². The van der Waals surface area contributed by atoms with E-state index in [-0.39, 0.29) is 5.56 Å². The van der Waals surface area contributed by atoms with E-state index in [0.29, 0.717) is 17.5 Å². The van der Waals surface area contributed by atoms with Gasteiger partial charge in [-0.3, -0.25) is 0 Å². The second kappa shape index (κ2) is 5.23. The van der Waals surface area contributed by atoms with Gasteiger partial charge in [-0.05, 0) is 24.8 Å². The summed E-state index contributed by atoms with van der Waals surface area (Å²) in [7, 11) is 0. The van der Waals surface area contributed by atoms with Crippen LogP contribution < -0.4 is 0 Å². The molecule has 2 aromatic rings. The van der Waals surface area contributed by atoms with Gasteiger partial charge in [0.1, 0.15) is 5.56 Å². The third-order valence-corrected chi connectivity index (χ3v) is 4.23. The minimum absolute atomic E-state index is 0.175. The van der Waals surface area contributed by atoms with Crippen molar-refractivity contribution in [2.45, 2.75) is 44.9 Å². The summed E-state index contributed by atoms with van der Waals surface area (Å²) in [6, 6.07) is 1.98. The second-order valence-electron chi connectivity index (χ2n) is 5.81. The Balaban J connectivity index is 1.98. The number of carboxylic acid groups (broad SMARTS) is 1. The molecule has 1 aliphatic rings. The van der Waals surface area contributed by atoms with Crippen molar-refractivity contribution in [3.63, 3.8) is 0 Å². The molecule has 0 amide bonds. The van der Waals surface area contributed by atoms with Crippen LogP contribution in [0, 0.1) is 5.92 Å². The standard InChI is InChI=1S/C15H19N3O2/c1-10-4-2-3-5-11(8-10)13-6-7-18-14(17-13)12(9-16-18)15(19)20/h6-7,9-11H,2-5,8H2,1H3,(H,19,20). The van der Waals surface area contributed by atoms with Gasteiger partial charge >= 0.3 is 5.97 Å². The maximum absolute atomic E-state index is 11.2.